The monoisotopic (exact) mass is 482 g/mol. The van der Waals surface area contributed by atoms with E-state index in [2.05, 4.69) is 9.71 Å². The summed E-state index contributed by atoms with van der Waals surface area (Å²) in [7, 11) is -2.63. The van der Waals surface area contributed by atoms with Crippen LogP contribution in [0.4, 0.5) is 11.4 Å². The number of aliphatic imine (C=N–C) groups is 1. The van der Waals surface area contributed by atoms with Crippen LogP contribution >= 0.6 is 11.6 Å². The molecule has 0 spiro atoms. The van der Waals surface area contributed by atoms with Crippen molar-refractivity contribution in [1.29, 1.82) is 0 Å². The second-order valence-electron chi connectivity index (χ2n) is 7.41. The molecular weight excluding hydrogens is 464 g/mol. The van der Waals surface area contributed by atoms with Crippen LogP contribution in [0.1, 0.15) is 26.3 Å². The van der Waals surface area contributed by atoms with E-state index in [-0.39, 0.29) is 33.2 Å². The van der Waals surface area contributed by atoms with Crippen molar-refractivity contribution in [3.63, 3.8) is 0 Å². The molecule has 1 aliphatic rings. The van der Waals surface area contributed by atoms with Crippen LogP contribution in [0, 0.1) is 6.92 Å². The van der Waals surface area contributed by atoms with E-state index in [4.69, 9.17) is 16.3 Å². The summed E-state index contributed by atoms with van der Waals surface area (Å²) < 4.78 is 33.6. The molecule has 0 saturated carbocycles. The van der Waals surface area contributed by atoms with Crippen LogP contribution in [-0.2, 0) is 10.0 Å². The molecule has 1 aliphatic carbocycles. The highest BCUT2D eigenvalue weighted by Gasteiger charge is 2.37. The number of methoxy groups -OCH3 is 1. The highest BCUT2D eigenvalue weighted by atomic mass is 35.5. The van der Waals surface area contributed by atoms with Crippen molar-refractivity contribution in [3.8, 4) is 5.75 Å². The maximum absolute atomic E-state index is 12.9. The van der Waals surface area contributed by atoms with Crippen molar-refractivity contribution in [3.05, 3.63) is 83.4 Å². The molecular formula is C24H19ClN2O5S. The zero-order valence-electron chi connectivity index (χ0n) is 17.7. The van der Waals surface area contributed by atoms with Gasteiger partial charge < -0.3 is 4.74 Å². The number of Topliss-reactive ketones (excluding diaryl/α,β-unsaturated/α-hetero) is 2. The first-order chi connectivity index (χ1) is 15.7. The summed E-state index contributed by atoms with van der Waals surface area (Å²) in [5.74, 6) is -0.849. The average Bonchev–Trinajstić information content (AvgIpc) is 2.81. The highest BCUT2D eigenvalue weighted by Crippen LogP contribution is 2.32. The summed E-state index contributed by atoms with van der Waals surface area (Å²) in [6.07, 6.45) is 0. The second kappa shape index (κ2) is 8.80. The zero-order valence-corrected chi connectivity index (χ0v) is 19.3. The molecule has 1 unspecified atom stereocenters. The molecule has 3 aromatic carbocycles. The maximum atomic E-state index is 12.9. The number of alkyl halides is 1. The molecule has 168 valence electrons. The summed E-state index contributed by atoms with van der Waals surface area (Å²) >= 11 is 6.25. The Morgan fingerprint density at radius 3 is 2.30 bits per heavy atom. The predicted octanol–water partition coefficient (Wildman–Crippen LogP) is 4.56. The molecule has 0 radical (unpaired) electrons. The van der Waals surface area contributed by atoms with Gasteiger partial charge in [-0.05, 0) is 31.2 Å². The van der Waals surface area contributed by atoms with Gasteiger partial charge >= 0.3 is 0 Å². The van der Waals surface area contributed by atoms with Crippen LogP contribution in [0.25, 0.3) is 0 Å². The molecule has 0 heterocycles. The van der Waals surface area contributed by atoms with Crippen LogP contribution in [0.2, 0.25) is 0 Å². The number of rotatable bonds is 5. The third-order valence-electron chi connectivity index (χ3n) is 5.13. The standard InChI is InChI=1S/C24H19ClN2O5S/c1-14-7-9-15(10-8-14)27-33(30,31)20-12-11-16(13-19(20)32-2)26-22-21(25)23(28)17-5-3-4-6-18(17)24(22)29/h3-13,21,27H,1-2H3. The number of nitrogens with zero attached hydrogens (tertiary/aromatic N) is 1. The fraction of sp³-hybridized carbons (Fsp3) is 0.125. The van der Waals surface area contributed by atoms with E-state index in [1.54, 1.807) is 48.5 Å². The molecule has 0 fully saturated rings. The number of hydrogen-bond donors (Lipinski definition) is 1. The molecule has 1 atom stereocenters. The number of benzene rings is 3. The van der Waals surface area contributed by atoms with E-state index in [1.165, 1.54) is 25.3 Å². The first kappa shape index (κ1) is 22.7. The lowest BCUT2D eigenvalue weighted by atomic mass is 9.88. The van der Waals surface area contributed by atoms with Gasteiger partial charge in [0.2, 0.25) is 5.78 Å². The van der Waals surface area contributed by atoms with Gasteiger partial charge in [-0.3, -0.25) is 14.3 Å². The number of hydrogen-bond acceptors (Lipinski definition) is 6. The Labute approximate surface area is 196 Å². The van der Waals surface area contributed by atoms with Crippen molar-refractivity contribution in [1.82, 2.24) is 0 Å². The number of nitrogens with one attached hydrogen (secondary N) is 1. The Bertz CT molecular complexity index is 1400. The molecule has 9 heteroatoms. The van der Waals surface area contributed by atoms with Crippen LogP contribution < -0.4 is 9.46 Å². The summed E-state index contributed by atoms with van der Waals surface area (Å²) in [5.41, 5.74) is 1.98. The Morgan fingerprint density at radius 1 is 0.970 bits per heavy atom. The first-order valence-corrected chi connectivity index (χ1v) is 11.8. The number of fused-ring (bicyclic) bond motifs is 1. The van der Waals surface area contributed by atoms with Gasteiger partial charge in [0.05, 0.1) is 12.8 Å². The minimum absolute atomic E-state index is 0.0255. The Balaban J connectivity index is 1.70. The molecule has 3 aromatic rings. The molecule has 0 amide bonds. The van der Waals surface area contributed by atoms with Crippen molar-refractivity contribution in [2.24, 2.45) is 4.99 Å². The minimum atomic E-state index is -3.96. The van der Waals surface area contributed by atoms with E-state index < -0.39 is 27.0 Å². The van der Waals surface area contributed by atoms with Crippen LogP contribution in [0.15, 0.2) is 76.6 Å². The van der Waals surface area contributed by atoms with E-state index in [9.17, 15) is 18.0 Å². The zero-order chi connectivity index (χ0) is 23.8. The first-order valence-electron chi connectivity index (χ1n) is 9.89. The van der Waals surface area contributed by atoms with Crippen LogP contribution in [-0.4, -0.2) is 38.2 Å². The third-order valence-corrected chi connectivity index (χ3v) is 6.96. The van der Waals surface area contributed by atoms with Gasteiger partial charge in [-0.25, -0.2) is 13.4 Å². The Hall–Kier alpha value is -3.49. The fourth-order valence-corrected chi connectivity index (χ4v) is 4.91. The van der Waals surface area contributed by atoms with E-state index >= 15 is 0 Å². The number of aryl methyl sites for hydroxylation is 1. The number of sulfonamides is 1. The van der Waals surface area contributed by atoms with Gasteiger partial charge in [-0.15, -0.1) is 11.6 Å². The lowest BCUT2D eigenvalue weighted by molar-refractivity contribution is 0.0968. The molecule has 0 aliphatic heterocycles. The number of ether oxygens (including phenoxy) is 1. The summed E-state index contributed by atoms with van der Waals surface area (Å²) in [5, 5.41) is -1.25. The highest BCUT2D eigenvalue weighted by molar-refractivity contribution is 7.92. The fourth-order valence-electron chi connectivity index (χ4n) is 3.44. The molecule has 7 nitrogen and oxygen atoms in total. The van der Waals surface area contributed by atoms with Crippen molar-refractivity contribution < 1.29 is 22.7 Å². The number of carbonyl (C=O) groups excluding carboxylic acids is 2. The van der Waals surface area contributed by atoms with E-state index in [0.717, 1.165) is 5.56 Å². The van der Waals surface area contributed by atoms with E-state index in [0.29, 0.717) is 5.69 Å². The molecule has 0 bridgehead atoms. The van der Waals surface area contributed by atoms with Crippen molar-refractivity contribution in [2.45, 2.75) is 17.2 Å². The quantitative estimate of drug-likeness (QED) is 0.537. The van der Waals surface area contributed by atoms with Crippen LogP contribution in [0.3, 0.4) is 0 Å². The Kier molecular flexibility index (Phi) is 6.05. The number of anilines is 1. The van der Waals surface area contributed by atoms with Gasteiger partial charge in [-0.2, -0.15) is 0 Å². The summed E-state index contributed by atoms with van der Waals surface area (Å²) in [4.78, 5) is 29.6. The Morgan fingerprint density at radius 2 is 1.64 bits per heavy atom. The topological polar surface area (TPSA) is 102 Å². The smallest absolute Gasteiger partial charge is 0.265 e. The number of carbonyl (C=O) groups is 2. The molecule has 0 saturated heterocycles. The summed E-state index contributed by atoms with van der Waals surface area (Å²) in [6.45, 7) is 1.90. The molecule has 0 aromatic heterocycles. The SMILES string of the molecule is COc1cc(N=C2C(=O)c3ccccc3C(=O)C2Cl)ccc1S(=O)(=O)Nc1ccc(C)cc1. The van der Waals surface area contributed by atoms with Crippen LogP contribution in [0.5, 0.6) is 5.75 Å². The molecule has 4 rings (SSSR count). The number of halogens is 1. The van der Waals surface area contributed by atoms with Gasteiger partial charge in [0.15, 0.2) is 5.78 Å². The third kappa shape index (κ3) is 4.40. The maximum Gasteiger partial charge on any atom is 0.265 e. The number of ketones is 2. The minimum Gasteiger partial charge on any atom is -0.495 e. The average molecular weight is 483 g/mol. The lowest BCUT2D eigenvalue weighted by Crippen LogP contribution is -2.37. The summed E-state index contributed by atoms with van der Waals surface area (Å²) in [6, 6.07) is 17.4. The van der Waals surface area contributed by atoms with Crippen molar-refractivity contribution >= 4 is 50.3 Å². The normalized spacial score (nSPS) is 17.1. The van der Waals surface area contributed by atoms with Gasteiger partial charge in [0.25, 0.3) is 10.0 Å². The van der Waals surface area contributed by atoms with Gasteiger partial charge in [0, 0.05) is 22.9 Å². The lowest BCUT2D eigenvalue weighted by Gasteiger charge is -2.20. The molecule has 1 N–H and O–H groups in total. The van der Waals surface area contributed by atoms with Gasteiger partial charge in [0.1, 0.15) is 21.7 Å². The van der Waals surface area contributed by atoms with Crippen molar-refractivity contribution in [2.75, 3.05) is 11.8 Å². The largest absolute Gasteiger partial charge is 0.495 e. The predicted molar refractivity (Wildman–Crippen MR) is 127 cm³/mol. The molecule has 33 heavy (non-hydrogen) atoms. The van der Waals surface area contributed by atoms with Gasteiger partial charge in [-0.1, -0.05) is 42.0 Å². The second-order valence-corrected chi connectivity index (χ2v) is 9.49. The van der Waals surface area contributed by atoms with E-state index in [1.807, 2.05) is 6.92 Å².